The van der Waals surface area contributed by atoms with Gasteiger partial charge in [-0.05, 0) is 43.2 Å². The van der Waals surface area contributed by atoms with Gasteiger partial charge in [0.25, 0.3) is 5.91 Å². The smallest absolute Gasteiger partial charge is 0.257 e. The van der Waals surface area contributed by atoms with E-state index in [2.05, 4.69) is 32.8 Å². The van der Waals surface area contributed by atoms with Crippen LogP contribution >= 0.6 is 22.9 Å². The molecule has 0 spiro atoms. The van der Waals surface area contributed by atoms with Crippen LogP contribution < -0.4 is 0 Å². The number of hydrogen-bond donors (Lipinski definition) is 0. The molecule has 3 aromatic rings. The van der Waals surface area contributed by atoms with E-state index in [9.17, 15) is 9.59 Å². The Morgan fingerprint density at radius 3 is 2.53 bits per heavy atom. The first kappa shape index (κ1) is 28.3. The van der Waals surface area contributed by atoms with Crippen molar-refractivity contribution in [2.24, 2.45) is 11.3 Å². The van der Waals surface area contributed by atoms with Gasteiger partial charge in [0.05, 0.1) is 23.1 Å². The Morgan fingerprint density at radius 2 is 1.89 bits per heavy atom. The zero-order valence-electron chi connectivity index (χ0n) is 23.2. The van der Waals surface area contributed by atoms with E-state index < -0.39 is 0 Å². The fraction of sp³-hybridized carbons (Fsp3) is 0.517. The van der Waals surface area contributed by atoms with Gasteiger partial charge in [0.2, 0.25) is 11.0 Å². The highest BCUT2D eigenvalue weighted by Gasteiger charge is 2.32. The lowest BCUT2D eigenvalue weighted by molar-refractivity contribution is -0.136. The van der Waals surface area contributed by atoms with Gasteiger partial charge in [0, 0.05) is 48.1 Å². The van der Waals surface area contributed by atoms with Crippen LogP contribution in [-0.2, 0) is 11.2 Å². The van der Waals surface area contributed by atoms with Crippen molar-refractivity contribution in [3.05, 3.63) is 52.1 Å². The third kappa shape index (κ3) is 6.46. The number of nitrogens with zero attached hydrogens (tertiary/aromatic N) is 5. The van der Waals surface area contributed by atoms with Gasteiger partial charge in [-0.1, -0.05) is 58.4 Å². The highest BCUT2D eigenvalue weighted by atomic mass is 35.5. The molecular weight excluding hydrogens is 518 g/mol. The maximum atomic E-state index is 13.6. The van der Waals surface area contributed by atoms with Crippen molar-refractivity contribution < 1.29 is 9.59 Å². The molecule has 38 heavy (non-hydrogen) atoms. The molecule has 0 N–H and O–H groups in total. The molecule has 204 valence electrons. The monoisotopic (exact) mass is 555 g/mol. The standard InChI is InChI=1S/C29H38ClN5O2S/c1-7-25-23(16-31-35(25)28-32-24(18-38-28)21-8-10-22(30)11-9-21)27(37)33-12-13-34(20(3)17-33)26(36)14-19(2)15-29(4,5)6/h8-11,16,18-20H,7,12-15,17H2,1-6H3. The van der Waals surface area contributed by atoms with Crippen molar-refractivity contribution in [2.45, 2.75) is 66.8 Å². The topological polar surface area (TPSA) is 71.3 Å². The molecule has 2 atom stereocenters. The summed E-state index contributed by atoms with van der Waals surface area (Å²) in [5.74, 6) is 0.477. The van der Waals surface area contributed by atoms with Gasteiger partial charge < -0.3 is 9.80 Å². The number of aromatic nitrogens is 3. The van der Waals surface area contributed by atoms with Crippen LogP contribution in [-0.4, -0.2) is 62.1 Å². The summed E-state index contributed by atoms with van der Waals surface area (Å²) < 4.78 is 1.77. The van der Waals surface area contributed by atoms with E-state index in [0.717, 1.165) is 28.5 Å². The van der Waals surface area contributed by atoms with Crippen LogP contribution in [0.1, 0.15) is 70.4 Å². The second-order valence-electron chi connectivity index (χ2n) is 11.6. The van der Waals surface area contributed by atoms with E-state index >= 15 is 0 Å². The zero-order valence-corrected chi connectivity index (χ0v) is 24.8. The molecule has 0 bridgehead atoms. The predicted molar refractivity (Wildman–Crippen MR) is 154 cm³/mol. The van der Waals surface area contributed by atoms with Gasteiger partial charge in [-0.15, -0.1) is 11.3 Å². The van der Waals surface area contributed by atoms with Crippen LogP contribution in [0.25, 0.3) is 16.4 Å². The number of benzene rings is 1. The molecule has 9 heteroatoms. The van der Waals surface area contributed by atoms with Crippen molar-refractivity contribution >= 4 is 34.8 Å². The fourth-order valence-electron chi connectivity index (χ4n) is 5.39. The van der Waals surface area contributed by atoms with Crippen LogP contribution in [0.3, 0.4) is 0 Å². The van der Waals surface area contributed by atoms with Crippen molar-refractivity contribution in [1.82, 2.24) is 24.6 Å². The molecule has 4 rings (SSSR count). The number of piperazine rings is 1. The van der Waals surface area contributed by atoms with Gasteiger partial charge in [-0.3, -0.25) is 9.59 Å². The number of carbonyl (C=O) groups is 2. The summed E-state index contributed by atoms with van der Waals surface area (Å²) in [7, 11) is 0. The first-order chi connectivity index (χ1) is 18.0. The van der Waals surface area contributed by atoms with E-state index in [1.54, 1.807) is 10.9 Å². The molecule has 1 aliphatic heterocycles. The van der Waals surface area contributed by atoms with Gasteiger partial charge >= 0.3 is 0 Å². The Kier molecular flexibility index (Phi) is 8.62. The summed E-state index contributed by atoms with van der Waals surface area (Å²) in [6.45, 7) is 14.4. The Labute approximate surface area is 234 Å². The third-order valence-corrected chi connectivity index (χ3v) is 8.03. The average molecular weight is 556 g/mol. The predicted octanol–water partition coefficient (Wildman–Crippen LogP) is 6.35. The molecule has 7 nitrogen and oxygen atoms in total. The SMILES string of the molecule is CCc1c(C(=O)N2CCN(C(=O)CC(C)CC(C)(C)C)C(C)C2)cnn1-c1nc(-c2ccc(Cl)cc2)cs1. The molecule has 2 unspecified atom stereocenters. The zero-order chi connectivity index (χ0) is 27.6. The molecule has 0 aliphatic carbocycles. The molecule has 2 amide bonds. The van der Waals surface area contributed by atoms with Crippen LogP contribution in [0.5, 0.6) is 0 Å². The van der Waals surface area contributed by atoms with Crippen LogP contribution in [0.4, 0.5) is 0 Å². The minimum Gasteiger partial charge on any atom is -0.336 e. The minimum atomic E-state index is -0.0392. The molecule has 1 aromatic carbocycles. The molecule has 3 heterocycles. The van der Waals surface area contributed by atoms with Gasteiger partial charge in [-0.2, -0.15) is 5.10 Å². The Balaban J connectivity index is 1.44. The highest BCUT2D eigenvalue weighted by Crippen LogP contribution is 2.29. The molecule has 1 fully saturated rings. The lowest BCUT2D eigenvalue weighted by atomic mass is 9.84. The number of hydrogen-bond acceptors (Lipinski definition) is 5. The van der Waals surface area contributed by atoms with Crippen LogP contribution in [0.2, 0.25) is 5.02 Å². The fourth-order valence-corrected chi connectivity index (χ4v) is 6.33. The Morgan fingerprint density at radius 1 is 1.18 bits per heavy atom. The molecule has 0 radical (unpaired) electrons. The summed E-state index contributed by atoms with van der Waals surface area (Å²) in [6.07, 6.45) is 3.86. The van der Waals surface area contributed by atoms with Crippen molar-refractivity contribution in [3.8, 4) is 16.4 Å². The van der Waals surface area contributed by atoms with Gasteiger partial charge in [-0.25, -0.2) is 9.67 Å². The van der Waals surface area contributed by atoms with E-state index in [1.807, 2.05) is 53.3 Å². The summed E-state index contributed by atoms with van der Waals surface area (Å²) >= 11 is 7.51. The maximum Gasteiger partial charge on any atom is 0.257 e. The lowest BCUT2D eigenvalue weighted by Crippen LogP contribution is -2.55. The van der Waals surface area contributed by atoms with E-state index in [1.165, 1.54) is 11.3 Å². The van der Waals surface area contributed by atoms with Crippen LogP contribution in [0, 0.1) is 11.3 Å². The first-order valence-corrected chi connectivity index (χ1v) is 14.6. The summed E-state index contributed by atoms with van der Waals surface area (Å²) in [6, 6.07) is 7.55. The molecule has 1 saturated heterocycles. The maximum absolute atomic E-state index is 13.6. The first-order valence-electron chi connectivity index (χ1n) is 13.3. The summed E-state index contributed by atoms with van der Waals surface area (Å²) in [5, 5.41) is 7.94. The molecular formula is C29H38ClN5O2S. The second kappa shape index (κ2) is 11.6. The largest absolute Gasteiger partial charge is 0.336 e. The number of thiazole rings is 1. The highest BCUT2D eigenvalue weighted by molar-refractivity contribution is 7.12. The van der Waals surface area contributed by atoms with Crippen molar-refractivity contribution in [3.63, 3.8) is 0 Å². The normalized spacial score (nSPS) is 17.1. The van der Waals surface area contributed by atoms with E-state index in [0.29, 0.717) is 49.0 Å². The van der Waals surface area contributed by atoms with Crippen LogP contribution in [0.15, 0.2) is 35.8 Å². The number of carbonyl (C=O) groups excluding carboxylic acids is 2. The van der Waals surface area contributed by atoms with Crippen molar-refractivity contribution in [1.29, 1.82) is 0 Å². The number of amides is 2. The number of halogens is 1. The molecule has 1 aliphatic rings. The quantitative estimate of drug-likeness (QED) is 0.341. The van der Waals surface area contributed by atoms with E-state index in [-0.39, 0.29) is 23.3 Å². The molecule has 2 aromatic heterocycles. The summed E-state index contributed by atoms with van der Waals surface area (Å²) in [5.41, 5.74) is 3.47. The second-order valence-corrected chi connectivity index (χ2v) is 12.8. The Bertz CT molecular complexity index is 1280. The van der Waals surface area contributed by atoms with E-state index in [4.69, 9.17) is 16.6 Å². The van der Waals surface area contributed by atoms with Gasteiger partial charge in [0.1, 0.15) is 0 Å². The third-order valence-electron chi connectivity index (χ3n) is 6.97. The molecule has 0 saturated carbocycles. The van der Waals surface area contributed by atoms with Crippen molar-refractivity contribution in [2.75, 3.05) is 19.6 Å². The summed E-state index contributed by atoms with van der Waals surface area (Å²) in [4.78, 5) is 35.2. The Hall–Kier alpha value is -2.71. The van der Waals surface area contributed by atoms with Gasteiger partial charge in [0.15, 0.2) is 0 Å². The minimum absolute atomic E-state index is 0.0249. The number of rotatable bonds is 7. The average Bonchev–Trinajstić information content (AvgIpc) is 3.49. The lowest BCUT2D eigenvalue weighted by Gasteiger charge is -2.40.